The molecule has 2 heterocycles. The van der Waals surface area contributed by atoms with Crippen LogP contribution >= 0.6 is 23.2 Å². The van der Waals surface area contributed by atoms with E-state index in [4.69, 9.17) is 27.9 Å². The van der Waals surface area contributed by atoms with Gasteiger partial charge in [-0.1, -0.05) is 29.8 Å². The number of aromatic nitrogens is 2. The molecule has 1 aromatic carbocycles. The van der Waals surface area contributed by atoms with Crippen LogP contribution in [0.4, 0.5) is 11.6 Å². The molecule has 2 aromatic rings. The van der Waals surface area contributed by atoms with E-state index in [-0.39, 0.29) is 28.8 Å². The molecule has 0 unspecified atom stereocenters. The molecule has 1 atom stereocenters. The fraction of sp³-hybridized carbons (Fsp3) is 0.263. The molecule has 29 heavy (non-hydrogen) atoms. The highest BCUT2D eigenvalue weighted by Crippen LogP contribution is 2.26. The first kappa shape index (κ1) is 20.9. The molecular formula is C19H19Cl2N5O3. The molecule has 0 aliphatic carbocycles. The normalized spacial score (nSPS) is 15.7. The molecule has 1 aliphatic rings. The van der Waals surface area contributed by atoms with Crippen LogP contribution in [-0.2, 0) is 4.79 Å². The monoisotopic (exact) mass is 435 g/mol. The zero-order valence-corrected chi connectivity index (χ0v) is 17.1. The van der Waals surface area contributed by atoms with E-state index in [1.165, 1.54) is 19.4 Å². The molecule has 0 saturated carbocycles. The summed E-state index contributed by atoms with van der Waals surface area (Å²) in [5.74, 6) is 0.150. The Bertz CT molecular complexity index is 953. The lowest BCUT2D eigenvalue weighted by Gasteiger charge is -2.18. The van der Waals surface area contributed by atoms with Crippen molar-refractivity contribution in [2.75, 3.05) is 30.8 Å². The molecule has 2 amide bonds. The fourth-order valence-corrected chi connectivity index (χ4v) is 3.32. The zero-order valence-electron chi connectivity index (χ0n) is 15.6. The Hall–Kier alpha value is -2.84. The molecule has 1 aliphatic heterocycles. The Morgan fingerprint density at radius 2 is 2.14 bits per heavy atom. The number of rotatable bonds is 6. The lowest BCUT2D eigenvalue weighted by atomic mass is 10.2. The smallest absolute Gasteiger partial charge is 0.253 e. The van der Waals surface area contributed by atoms with Crippen LogP contribution in [0.25, 0.3) is 0 Å². The van der Waals surface area contributed by atoms with Crippen molar-refractivity contribution in [3.8, 4) is 5.88 Å². The van der Waals surface area contributed by atoms with E-state index in [0.29, 0.717) is 35.3 Å². The van der Waals surface area contributed by atoms with Gasteiger partial charge in [-0.2, -0.15) is 4.98 Å². The second-order valence-electron chi connectivity index (χ2n) is 6.32. The second kappa shape index (κ2) is 9.11. The SMILES string of the molecule is C=CC(=O)Nc1ccc(C(=O)N2CC[C@@H](Nc3ncc(Cl)c(OC)n3)C2)cc1Cl. The number of carbonyl (C=O) groups is 2. The summed E-state index contributed by atoms with van der Waals surface area (Å²) < 4.78 is 5.09. The van der Waals surface area contributed by atoms with Gasteiger partial charge in [-0.3, -0.25) is 9.59 Å². The van der Waals surface area contributed by atoms with Crippen molar-refractivity contribution < 1.29 is 14.3 Å². The van der Waals surface area contributed by atoms with Crippen molar-refractivity contribution in [2.45, 2.75) is 12.5 Å². The summed E-state index contributed by atoms with van der Waals surface area (Å²) in [4.78, 5) is 34.3. The lowest BCUT2D eigenvalue weighted by Crippen LogP contribution is -2.31. The maximum Gasteiger partial charge on any atom is 0.253 e. The lowest BCUT2D eigenvalue weighted by molar-refractivity contribution is -0.111. The maximum atomic E-state index is 12.8. The molecule has 1 aromatic heterocycles. The summed E-state index contributed by atoms with van der Waals surface area (Å²) in [5.41, 5.74) is 0.861. The Morgan fingerprint density at radius 1 is 1.34 bits per heavy atom. The number of nitrogens with one attached hydrogen (secondary N) is 2. The summed E-state index contributed by atoms with van der Waals surface area (Å²) >= 11 is 12.1. The van der Waals surface area contributed by atoms with Gasteiger partial charge in [-0.05, 0) is 30.7 Å². The number of carbonyl (C=O) groups excluding carboxylic acids is 2. The molecule has 0 spiro atoms. The average molecular weight is 436 g/mol. The third-order valence-electron chi connectivity index (χ3n) is 4.37. The van der Waals surface area contributed by atoms with E-state index in [2.05, 4.69) is 27.2 Å². The quantitative estimate of drug-likeness (QED) is 0.675. The zero-order chi connectivity index (χ0) is 21.0. The summed E-state index contributed by atoms with van der Waals surface area (Å²) in [6.45, 7) is 4.45. The molecule has 2 N–H and O–H groups in total. The number of ether oxygens (including phenoxy) is 1. The summed E-state index contributed by atoms with van der Waals surface area (Å²) in [6.07, 6.45) is 3.34. The van der Waals surface area contributed by atoms with E-state index < -0.39 is 0 Å². The molecule has 1 saturated heterocycles. The maximum absolute atomic E-state index is 12.8. The minimum absolute atomic E-state index is 0.00791. The molecule has 152 valence electrons. The van der Waals surface area contributed by atoms with Crippen LogP contribution in [0.3, 0.4) is 0 Å². The van der Waals surface area contributed by atoms with Crippen molar-refractivity contribution in [3.63, 3.8) is 0 Å². The molecule has 8 nitrogen and oxygen atoms in total. The van der Waals surface area contributed by atoms with Crippen LogP contribution in [0.15, 0.2) is 37.1 Å². The van der Waals surface area contributed by atoms with Gasteiger partial charge >= 0.3 is 0 Å². The summed E-state index contributed by atoms with van der Waals surface area (Å²) in [5, 5.41) is 6.38. The highest BCUT2D eigenvalue weighted by molar-refractivity contribution is 6.34. The number of hydrogen-bond acceptors (Lipinski definition) is 6. The molecule has 1 fully saturated rings. The van der Waals surface area contributed by atoms with E-state index in [0.717, 1.165) is 12.5 Å². The third-order valence-corrected chi connectivity index (χ3v) is 4.95. The van der Waals surface area contributed by atoms with Crippen molar-refractivity contribution in [1.29, 1.82) is 0 Å². The summed E-state index contributed by atoms with van der Waals surface area (Å²) in [7, 11) is 1.48. The van der Waals surface area contributed by atoms with Gasteiger partial charge in [0.05, 0.1) is 24.0 Å². The van der Waals surface area contributed by atoms with Crippen LogP contribution in [0.5, 0.6) is 5.88 Å². The molecule has 10 heteroatoms. The second-order valence-corrected chi connectivity index (χ2v) is 7.13. The predicted octanol–water partition coefficient (Wildman–Crippen LogP) is 3.24. The number of likely N-dealkylation sites (tertiary alicyclic amines) is 1. The van der Waals surface area contributed by atoms with Crippen LogP contribution in [0, 0.1) is 0 Å². The van der Waals surface area contributed by atoms with E-state index in [1.54, 1.807) is 17.0 Å². The minimum atomic E-state index is -0.375. The van der Waals surface area contributed by atoms with Gasteiger partial charge in [0.15, 0.2) is 0 Å². The van der Waals surface area contributed by atoms with Gasteiger partial charge in [-0.25, -0.2) is 4.98 Å². The van der Waals surface area contributed by atoms with Crippen LogP contribution < -0.4 is 15.4 Å². The number of halogens is 2. The van der Waals surface area contributed by atoms with E-state index >= 15 is 0 Å². The van der Waals surface area contributed by atoms with Gasteiger partial charge in [-0.15, -0.1) is 0 Å². The number of nitrogens with zero attached hydrogens (tertiary/aromatic N) is 3. The van der Waals surface area contributed by atoms with E-state index in [1.807, 2.05) is 0 Å². The highest BCUT2D eigenvalue weighted by Gasteiger charge is 2.28. The molecular weight excluding hydrogens is 417 g/mol. The van der Waals surface area contributed by atoms with Crippen molar-refractivity contribution in [1.82, 2.24) is 14.9 Å². The van der Waals surface area contributed by atoms with Crippen molar-refractivity contribution in [3.05, 3.63) is 52.7 Å². The number of amides is 2. The topological polar surface area (TPSA) is 96.5 Å². The van der Waals surface area contributed by atoms with E-state index in [9.17, 15) is 9.59 Å². The first-order valence-corrected chi connectivity index (χ1v) is 9.52. The first-order chi connectivity index (χ1) is 13.9. The Labute approximate surface area is 177 Å². The number of benzene rings is 1. The Morgan fingerprint density at radius 3 is 2.83 bits per heavy atom. The first-order valence-electron chi connectivity index (χ1n) is 8.76. The fourth-order valence-electron chi connectivity index (χ4n) is 2.93. The van der Waals surface area contributed by atoms with Gasteiger partial charge in [0.1, 0.15) is 5.02 Å². The molecule has 3 rings (SSSR count). The minimum Gasteiger partial charge on any atom is -0.480 e. The molecule has 0 radical (unpaired) electrons. The van der Waals surface area contributed by atoms with Gasteiger partial charge in [0.2, 0.25) is 17.7 Å². The Balaban J connectivity index is 1.64. The van der Waals surface area contributed by atoms with Crippen LogP contribution in [-0.4, -0.2) is 52.9 Å². The number of anilines is 2. The van der Waals surface area contributed by atoms with Gasteiger partial charge in [0, 0.05) is 24.7 Å². The van der Waals surface area contributed by atoms with Crippen molar-refractivity contribution >= 4 is 46.7 Å². The number of methoxy groups -OCH3 is 1. The van der Waals surface area contributed by atoms with Gasteiger partial charge in [0.25, 0.3) is 5.91 Å². The molecule has 0 bridgehead atoms. The number of hydrogen-bond donors (Lipinski definition) is 2. The Kier molecular flexibility index (Phi) is 6.56. The highest BCUT2D eigenvalue weighted by atomic mass is 35.5. The van der Waals surface area contributed by atoms with Crippen molar-refractivity contribution in [2.24, 2.45) is 0 Å². The van der Waals surface area contributed by atoms with Gasteiger partial charge < -0.3 is 20.3 Å². The third kappa shape index (κ3) is 4.96. The van der Waals surface area contributed by atoms with Crippen LogP contribution in [0.2, 0.25) is 10.0 Å². The predicted molar refractivity (Wildman–Crippen MR) is 112 cm³/mol. The average Bonchev–Trinajstić information content (AvgIpc) is 3.18. The standard InChI is InChI=1S/C19H19Cl2N5O3/c1-3-16(27)24-15-5-4-11(8-13(15)20)18(28)26-7-6-12(10-26)23-19-22-9-14(21)17(25-19)29-2/h3-5,8-9,12H,1,6-7,10H2,2H3,(H,24,27)(H,22,23,25)/t12-/m1/s1. The largest absolute Gasteiger partial charge is 0.480 e. The summed E-state index contributed by atoms with van der Waals surface area (Å²) in [6, 6.07) is 4.75. The van der Waals surface area contributed by atoms with Crippen LogP contribution in [0.1, 0.15) is 16.8 Å².